The summed E-state index contributed by atoms with van der Waals surface area (Å²) in [6, 6.07) is 8.99. The van der Waals surface area contributed by atoms with Gasteiger partial charge in [0, 0.05) is 5.75 Å². The fourth-order valence-electron chi connectivity index (χ4n) is 1.26. The molecule has 0 aliphatic rings. The average Bonchev–Trinajstić information content (AvgIpc) is 2.36. The first-order chi connectivity index (χ1) is 8.50. The van der Waals surface area contributed by atoms with Crippen molar-refractivity contribution in [3.05, 3.63) is 35.9 Å². The molecule has 0 aliphatic carbocycles. The molecule has 1 aromatic rings. The number of carbonyl (C=O) groups is 2. The number of rotatable bonds is 6. The molecule has 0 radical (unpaired) electrons. The summed E-state index contributed by atoms with van der Waals surface area (Å²) in [6.07, 6.45) is 0. The van der Waals surface area contributed by atoms with Gasteiger partial charge >= 0.3 is 5.97 Å². The predicted octanol–water partition coefficient (Wildman–Crippen LogP) is 1.90. The largest absolute Gasteiger partial charge is 0.480 e. The van der Waals surface area contributed by atoms with E-state index in [0.717, 1.165) is 11.3 Å². The van der Waals surface area contributed by atoms with Gasteiger partial charge in [-0.25, -0.2) is 0 Å². The number of hydrogen-bond acceptors (Lipinski definition) is 3. The SMILES string of the molecule is CC(NC(=O)C(C)SCc1ccccc1)C(=O)O. The zero-order chi connectivity index (χ0) is 13.5. The van der Waals surface area contributed by atoms with Crippen LogP contribution >= 0.6 is 11.8 Å². The lowest BCUT2D eigenvalue weighted by molar-refractivity contribution is -0.141. The molecule has 0 aliphatic heterocycles. The zero-order valence-corrected chi connectivity index (χ0v) is 11.2. The van der Waals surface area contributed by atoms with Gasteiger partial charge < -0.3 is 10.4 Å². The summed E-state index contributed by atoms with van der Waals surface area (Å²) in [6.45, 7) is 3.23. The molecule has 98 valence electrons. The second-order valence-corrected chi connectivity index (χ2v) is 5.34. The molecule has 1 amide bonds. The van der Waals surface area contributed by atoms with Crippen LogP contribution in [0.1, 0.15) is 19.4 Å². The van der Waals surface area contributed by atoms with Gasteiger partial charge in [-0.2, -0.15) is 0 Å². The summed E-state index contributed by atoms with van der Waals surface area (Å²) in [5.74, 6) is -0.536. The lowest BCUT2D eigenvalue weighted by Gasteiger charge is -2.14. The van der Waals surface area contributed by atoms with Gasteiger partial charge in [0.25, 0.3) is 0 Å². The fourth-order valence-corrected chi connectivity index (χ4v) is 2.12. The molecule has 4 nitrogen and oxygen atoms in total. The summed E-state index contributed by atoms with van der Waals surface area (Å²) >= 11 is 1.49. The highest BCUT2D eigenvalue weighted by atomic mass is 32.2. The van der Waals surface area contributed by atoms with Crippen molar-refractivity contribution in [3.8, 4) is 0 Å². The first kappa shape index (κ1) is 14.6. The molecular formula is C13H17NO3S. The molecule has 5 heteroatoms. The lowest BCUT2D eigenvalue weighted by atomic mass is 10.2. The van der Waals surface area contributed by atoms with Gasteiger partial charge in [-0.15, -0.1) is 11.8 Å². The molecule has 0 saturated heterocycles. The van der Waals surface area contributed by atoms with Gasteiger partial charge in [0.15, 0.2) is 0 Å². The fraction of sp³-hybridized carbons (Fsp3) is 0.385. The maximum absolute atomic E-state index is 11.7. The van der Waals surface area contributed by atoms with Gasteiger partial charge in [0.05, 0.1) is 5.25 Å². The van der Waals surface area contributed by atoms with Crippen LogP contribution in [-0.2, 0) is 15.3 Å². The number of nitrogens with one attached hydrogen (secondary N) is 1. The molecule has 18 heavy (non-hydrogen) atoms. The van der Waals surface area contributed by atoms with Crippen LogP contribution in [0.5, 0.6) is 0 Å². The van der Waals surface area contributed by atoms with Crippen molar-refractivity contribution in [3.63, 3.8) is 0 Å². The Balaban J connectivity index is 2.39. The Bertz CT molecular complexity index is 408. The third-order valence-corrected chi connectivity index (χ3v) is 3.66. The quantitative estimate of drug-likeness (QED) is 0.826. The molecule has 2 unspecified atom stereocenters. The van der Waals surface area contributed by atoms with Gasteiger partial charge in [-0.3, -0.25) is 9.59 Å². The molecule has 0 spiro atoms. The number of carbonyl (C=O) groups excluding carboxylic acids is 1. The van der Waals surface area contributed by atoms with E-state index in [1.165, 1.54) is 18.7 Å². The number of carboxylic acid groups (broad SMARTS) is 1. The molecule has 1 aromatic carbocycles. The molecule has 2 atom stereocenters. The monoisotopic (exact) mass is 267 g/mol. The number of thioether (sulfide) groups is 1. The molecule has 2 N–H and O–H groups in total. The third kappa shape index (κ3) is 4.79. The van der Waals surface area contributed by atoms with E-state index in [0.29, 0.717) is 0 Å². The Hall–Kier alpha value is -1.49. The molecule has 1 rings (SSSR count). The van der Waals surface area contributed by atoms with Crippen LogP contribution in [0.15, 0.2) is 30.3 Å². The van der Waals surface area contributed by atoms with Crippen molar-refractivity contribution in [1.82, 2.24) is 5.32 Å². The van der Waals surface area contributed by atoms with Gasteiger partial charge in [-0.1, -0.05) is 30.3 Å². The standard InChI is InChI=1S/C13H17NO3S/c1-9(13(16)17)14-12(15)10(2)18-8-11-6-4-3-5-7-11/h3-7,9-10H,8H2,1-2H3,(H,14,15)(H,16,17). The minimum Gasteiger partial charge on any atom is -0.480 e. The van der Waals surface area contributed by atoms with Gasteiger partial charge in [0.2, 0.25) is 5.91 Å². The average molecular weight is 267 g/mol. The van der Waals surface area contributed by atoms with E-state index in [4.69, 9.17) is 5.11 Å². The van der Waals surface area contributed by atoms with Crippen molar-refractivity contribution in [1.29, 1.82) is 0 Å². The van der Waals surface area contributed by atoms with Crippen molar-refractivity contribution < 1.29 is 14.7 Å². The van der Waals surface area contributed by atoms with Crippen molar-refractivity contribution in [2.75, 3.05) is 0 Å². The van der Waals surface area contributed by atoms with E-state index in [1.54, 1.807) is 6.92 Å². The normalized spacial score (nSPS) is 13.7. The Morgan fingerprint density at radius 3 is 2.44 bits per heavy atom. The molecule has 0 saturated carbocycles. The summed E-state index contributed by atoms with van der Waals surface area (Å²) in [7, 11) is 0. The van der Waals surface area contributed by atoms with E-state index in [-0.39, 0.29) is 11.2 Å². The highest BCUT2D eigenvalue weighted by Gasteiger charge is 2.19. The number of aliphatic carboxylic acids is 1. The Morgan fingerprint density at radius 1 is 1.28 bits per heavy atom. The molecule has 0 fully saturated rings. The number of amides is 1. The minimum absolute atomic E-state index is 0.245. The molecule has 0 heterocycles. The maximum atomic E-state index is 11.7. The van der Waals surface area contributed by atoms with Gasteiger partial charge in [0.1, 0.15) is 6.04 Å². The number of benzene rings is 1. The van der Waals surface area contributed by atoms with Crippen molar-refractivity contribution in [2.45, 2.75) is 30.9 Å². The number of carboxylic acids is 1. The first-order valence-electron chi connectivity index (χ1n) is 5.69. The summed E-state index contributed by atoms with van der Waals surface area (Å²) < 4.78 is 0. The van der Waals surface area contributed by atoms with Crippen molar-refractivity contribution in [2.24, 2.45) is 0 Å². The van der Waals surface area contributed by atoms with E-state index < -0.39 is 12.0 Å². The second-order valence-electron chi connectivity index (χ2n) is 4.01. The highest BCUT2D eigenvalue weighted by Crippen LogP contribution is 2.17. The van der Waals surface area contributed by atoms with Crippen LogP contribution < -0.4 is 5.32 Å². The Labute approximate surface area is 111 Å². The van der Waals surface area contributed by atoms with Crippen LogP contribution in [0.2, 0.25) is 0 Å². The minimum atomic E-state index is -1.02. The topological polar surface area (TPSA) is 66.4 Å². The Morgan fingerprint density at radius 2 is 1.89 bits per heavy atom. The van der Waals surface area contributed by atoms with Crippen LogP contribution in [-0.4, -0.2) is 28.3 Å². The predicted molar refractivity (Wildman–Crippen MR) is 72.4 cm³/mol. The Kier molecular flexibility index (Phi) is 5.71. The van der Waals surface area contributed by atoms with E-state index in [9.17, 15) is 9.59 Å². The van der Waals surface area contributed by atoms with Gasteiger partial charge in [-0.05, 0) is 19.4 Å². The molecule has 0 bridgehead atoms. The first-order valence-corrected chi connectivity index (χ1v) is 6.74. The number of hydrogen-bond donors (Lipinski definition) is 2. The smallest absolute Gasteiger partial charge is 0.325 e. The summed E-state index contributed by atoms with van der Waals surface area (Å²) in [5.41, 5.74) is 1.15. The summed E-state index contributed by atoms with van der Waals surface area (Å²) in [5, 5.41) is 10.9. The highest BCUT2D eigenvalue weighted by molar-refractivity contribution is 7.99. The van der Waals surface area contributed by atoms with Crippen LogP contribution in [0, 0.1) is 0 Å². The summed E-state index contributed by atoms with van der Waals surface area (Å²) in [4.78, 5) is 22.3. The maximum Gasteiger partial charge on any atom is 0.325 e. The van der Waals surface area contributed by atoms with E-state index in [1.807, 2.05) is 30.3 Å². The zero-order valence-electron chi connectivity index (χ0n) is 10.4. The van der Waals surface area contributed by atoms with E-state index in [2.05, 4.69) is 5.32 Å². The van der Waals surface area contributed by atoms with Crippen LogP contribution in [0.3, 0.4) is 0 Å². The van der Waals surface area contributed by atoms with Crippen LogP contribution in [0.4, 0.5) is 0 Å². The second kappa shape index (κ2) is 7.06. The van der Waals surface area contributed by atoms with Crippen molar-refractivity contribution >= 4 is 23.6 Å². The van der Waals surface area contributed by atoms with Crippen LogP contribution in [0.25, 0.3) is 0 Å². The molecular weight excluding hydrogens is 250 g/mol. The third-order valence-electron chi connectivity index (χ3n) is 2.44. The lowest BCUT2D eigenvalue weighted by Crippen LogP contribution is -2.42. The van der Waals surface area contributed by atoms with E-state index >= 15 is 0 Å². The molecule has 0 aromatic heterocycles.